The minimum atomic E-state index is -0.881. The number of carbonyl (C=O) groups excluding carboxylic acids is 1. The lowest BCUT2D eigenvalue weighted by Gasteiger charge is -2.22. The van der Waals surface area contributed by atoms with E-state index in [1.807, 2.05) is 38.1 Å². The van der Waals surface area contributed by atoms with Crippen molar-refractivity contribution in [3.8, 4) is 16.9 Å². The summed E-state index contributed by atoms with van der Waals surface area (Å²) in [6, 6.07) is 13.4. The molecule has 34 heavy (non-hydrogen) atoms. The number of hydrogen-bond acceptors (Lipinski definition) is 3. The van der Waals surface area contributed by atoms with Crippen molar-refractivity contribution >= 4 is 11.9 Å². The van der Waals surface area contributed by atoms with E-state index in [2.05, 4.69) is 0 Å². The van der Waals surface area contributed by atoms with E-state index >= 15 is 0 Å². The fourth-order valence-electron chi connectivity index (χ4n) is 5.01. The zero-order chi connectivity index (χ0) is 24.4. The topological polar surface area (TPSA) is 66.8 Å². The number of benzene rings is 3. The predicted molar refractivity (Wildman–Crippen MR) is 129 cm³/mol. The molecule has 176 valence electrons. The highest BCUT2D eigenvalue weighted by Crippen LogP contribution is 2.37. The molecule has 3 aromatic carbocycles. The summed E-state index contributed by atoms with van der Waals surface area (Å²) in [6.07, 6.45) is 1.20. The molecule has 3 aromatic rings. The Bertz CT molecular complexity index is 1250. The van der Waals surface area contributed by atoms with Gasteiger partial charge in [-0.15, -0.1) is 0 Å². The number of hydrogen-bond donors (Lipinski definition) is 1. The molecule has 0 fully saturated rings. The minimum absolute atomic E-state index is 0.0761. The van der Waals surface area contributed by atoms with Crippen LogP contribution in [0.3, 0.4) is 0 Å². The number of amides is 1. The zero-order valence-electron chi connectivity index (χ0n) is 19.7. The van der Waals surface area contributed by atoms with Crippen molar-refractivity contribution in [1.82, 2.24) is 4.90 Å². The average molecular weight is 462 g/mol. The Balaban J connectivity index is 1.76. The average Bonchev–Trinajstić information content (AvgIpc) is 3.06. The van der Waals surface area contributed by atoms with Crippen molar-refractivity contribution < 1.29 is 23.8 Å². The van der Waals surface area contributed by atoms with Crippen molar-refractivity contribution in [3.05, 3.63) is 87.7 Å². The molecule has 0 spiro atoms. The van der Waals surface area contributed by atoms with Crippen LogP contribution in [0.25, 0.3) is 11.1 Å². The highest BCUT2D eigenvalue weighted by Gasteiger charge is 2.26. The van der Waals surface area contributed by atoms with Gasteiger partial charge in [0.05, 0.1) is 13.5 Å². The van der Waals surface area contributed by atoms with Gasteiger partial charge in [-0.25, -0.2) is 4.39 Å². The number of aliphatic carboxylic acids is 1. The van der Waals surface area contributed by atoms with Crippen LogP contribution in [0.15, 0.2) is 48.5 Å². The fraction of sp³-hybridized carbons (Fsp3) is 0.286. The number of carboxylic acids is 1. The number of ether oxygens (including phenoxy) is 1. The molecule has 1 amide bonds. The second-order valence-electron chi connectivity index (χ2n) is 8.66. The lowest BCUT2D eigenvalue weighted by atomic mass is 9.82. The molecule has 0 aliphatic carbocycles. The number of halogens is 1. The van der Waals surface area contributed by atoms with E-state index < -0.39 is 11.8 Å². The normalized spacial score (nSPS) is 13.2. The quantitative estimate of drug-likeness (QED) is 0.582. The third kappa shape index (κ3) is 4.53. The van der Waals surface area contributed by atoms with Gasteiger partial charge in [0.2, 0.25) is 0 Å². The Hall–Kier alpha value is -3.67. The van der Waals surface area contributed by atoms with E-state index in [1.54, 1.807) is 24.1 Å². The van der Waals surface area contributed by atoms with Crippen LogP contribution in [0.1, 0.15) is 38.2 Å². The molecule has 1 aliphatic heterocycles. The summed E-state index contributed by atoms with van der Waals surface area (Å²) in [5.41, 5.74) is 7.30. The highest BCUT2D eigenvalue weighted by molar-refractivity contribution is 5.94. The van der Waals surface area contributed by atoms with E-state index in [0.717, 1.165) is 44.7 Å². The van der Waals surface area contributed by atoms with Crippen molar-refractivity contribution in [2.45, 2.75) is 33.1 Å². The molecule has 0 radical (unpaired) electrons. The molecule has 1 N–H and O–H groups in total. The third-order valence-corrected chi connectivity index (χ3v) is 6.73. The molecule has 6 heteroatoms. The van der Waals surface area contributed by atoms with Crippen molar-refractivity contribution in [1.29, 1.82) is 0 Å². The summed E-state index contributed by atoms with van der Waals surface area (Å²) < 4.78 is 19.0. The molecular formula is C28H28FNO4. The maximum atomic E-state index is 13.7. The molecule has 0 atom stereocenters. The van der Waals surface area contributed by atoms with Gasteiger partial charge in [0.1, 0.15) is 11.6 Å². The summed E-state index contributed by atoms with van der Waals surface area (Å²) in [4.78, 5) is 26.6. The fourth-order valence-corrected chi connectivity index (χ4v) is 5.01. The van der Waals surface area contributed by atoms with Gasteiger partial charge in [-0.3, -0.25) is 9.59 Å². The molecule has 0 saturated carbocycles. The SMILES string of the molecule is COc1ccc(-c2c(C)c3c(c(C)c2CC(=O)O)CCN(C(=O)c2cccc(F)c2)CC3)cc1. The van der Waals surface area contributed by atoms with Crippen LogP contribution in [0.2, 0.25) is 0 Å². The highest BCUT2D eigenvalue weighted by atomic mass is 19.1. The number of nitrogens with zero attached hydrogens (tertiary/aromatic N) is 1. The number of fused-ring (bicyclic) bond motifs is 1. The van der Waals surface area contributed by atoms with Gasteiger partial charge in [-0.2, -0.15) is 0 Å². The number of carbonyl (C=O) groups is 2. The standard InChI is InChI=1S/C28H28FNO4/c1-17-23-11-13-30(28(33)20-5-4-6-21(29)15-20)14-12-24(23)18(2)27(25(17)16-26(31)32)19-7-9-22(34-3)10-8-19/h4-10,15H,11-14,16H2,1-3H3,(H,31,32). The number of carboxylic acid groups (broad SMARTS) is 1. The maximum Gasteiger partial charge on any atom is 0.307 e. The number of rotatable bonds is 5. The first-order valence-corrected chi connectivity index (χ1v) is 11.3. The molecule has 1 aliphatic rings. The third-order valence-electron chi connectivity index (χ3n) is 6.73. The summed E-state index contributed by atoms with van der Waals surface area (Å²) >= 11 is 0. The van der Waals surface area contributed by atoms with Gasteiger partial charge >= 0.3 is 5.97 Å². The molecule has 0 unspecified atom stereocenters. The Kier molecular flexibility index (Phi) is 6.68. The summed E-state index contributed by atoms with van der Waals surface area (Å²) in [6.45, 7) is 5.03. The lowest BCUT2D eigenvalue weighted by Crippen LogP contribution is -2.33. The first kappa shape index (κ1) is 23.5. The van der Waals surface area contributed by atoms with Crippen LogP contribution >= 0.6 is 0 Å². The van der Waals surface area contributed by atoms with E-state index in [9.17, 15) is 19.1 Å². The Morgan fingerprint density at radius 3 is 2.24 bits per heavy atom. The van der Waals surface area contributed by atoms with E-state index in [-0.39, 0.29) is 12.3 Å². The van der Waals surface area contributed by atoms with Gasteiger partial charge in [-0.05, 0) is 96.0 Å². The monoisotopic (exact) mass is 461 g/mol. The van der Waals surface area contributed by atoms with Crippen LogP contribution in [0.5, 0.6) is 5.75 Å². The van der Waals surface area contributed by atoms with E-state index in [0.29, 0.717) is 31.5 Å². The first-order chi connectivity index (χ1) is 16.3. The summed E-state index contributed by atoms with van der Waals surface area (Å²) in [7, 11) is 1.61. The number of methoxy groups -OCH3 is 1. The van der Waals surface area contributed by atoms with E-state index in [4.69, 9.17) is 4.74 Å². The van der Waals surface area contributed by atoms with Crippen LogP contribution in [0, 0.1) is 19.7 Å². The largest absolute Gasteiger partial charge is 0.497 e. The van der Waals surface area contributed by atoms with Gasteiger partial charge in [0.15, 0.2) is 0 Å². The van der Waals surface area contributed by atoms with Crippen LogP contribution in [-0.4, -0.2) is 42.1 Å². The molecule has 4 rings (SSSR count). The molecule has 0 aromatic heterocycles. The molecule has 0 saturated heterocycles. The Morgan fingerprint density at radius 1 is 1.00 bits per heavy atom. The van der Waals surface area contributed by atoms with Crippen molar-refractivity contribution in [3.63, 3.8) is 0 Å². The minimum Gasteiger partial charge on any atom is -0.497 e. The molecule has 1 heterocycles. The molecule has 5 nitrogen and oxygen atoms in total. The smallest absolute Gasteiger partial charge is 0.307 e. The Morgan fingerprint density at radius 2 is 1.65 bits per heavy atom. The maximum absolute atomic E-state index is 13.7. The Labute approximate surface area is 198 Å². The summed E-state index contributed by atoms with van der Waals surface area (Å²) in [5.74, 6) is -0.769. The first-order valence-electron chi connectivity index (χ1n) is 11.3. The lowest BCUT2D eigenvalue weighted by molar-refractivity contribution is -0.136. The summed E-state index contributed by atoms with van der Waals surface area (Å²) in [5, 5.41) is 9.66. The van der Waals surface area contributed by atoms with Crippen molar-refractivity contribution in [2.24, 2.45) is 0 Å². The van der Waals surface area contributed by atoms with Crippen molar-refractivity contribution in [2.75, 3.05) is 20.2 Å². The molecular weight excluding hydrogens is 433 g/mol. The van der Waals surface area contributed by atoms with Gasteiger partial charge in [0, 0.05) is 18.7 Å². The van der Waals surface area contributed by atoms with Crippen LogP contribution in [0.4, 0.5) is 4.39 Å². The van der Waals surface area contributed by atoms with Gasteiger partial charge in [-0.1, -0.05) is 18.2 Å². The van der Waals surface area contributed by atoms with Gasteiger partial charge < -0.3 is 14.7 Å². The predicted octanol–water partition coefficient (Wildman–Crippen LogP) is 4.99. The van der Waals surface area contributed by atoms with Gasteiger partial charge in [0.25, 0.3) is 5.91 Å². The second kappa shape index (κ2) is 9.67. The van der Waals surface area contributed by atoms with Crippen LogP contribution < -0.4 is 4.74 Å². The van der Waals surface area contributed by atoms with E-state index in [1.165, 1.54) is 12.1 Å². The second-order valence-corrected chi connectivity index (χ2v) is 8.66. The van der Waals surface area contributed by atoms with Crippen LogP contribution in [-0.2, 0) is 24.1 Å². The molecule has 0 bridgehead atoms. The zero-order valence-corrected chi connectivity index (χ0v) is 19.7.